The highest BCUT2D eigenvalue weighted by Gasteiger charge is 2.30. The lowest BCUT2D eigenvalue weighted by atomic mass is 10.0. The average molecular weight is 628 g/mol. The highest BCUT2D eigenvalue weighted by atomic mass is 32.2. The highest BCUT2D eigenvalue weighted by molar-refractivity contribution is 7.99. The van der Waals surface area contributed by atoms with E-state index in [2.05, 4.69) is 30.3 Å². The van der Waals surface area contributed by atoms with Crippen LogP contribution in [-0.4, -0.2) is 24.2 Å². The Labute approximate surface area is 259 Å². The van der Waals surface area contributed by atoms with E-state index in [-0.39, 0.29) is 11.9 Å². The van der Waals surface area contributed by atoms with Crippen molar-refractivity contribution in [1.29, 1.82) is 0 Å². The van der Waals surface area contributed by atoms with Crippen molar-refractivity contribution in [3.8, 4) is 16.3 Å². The van der Waals surface area contributed by atoms with Crippen LogP contribution in [0.3, 0.4) is 0 Å². The number of esters is 1. The Kier molecular flexibility index (Phi) is 11.7. The minimum absolute atomic E-state index is 0.128. The monoisotopic (exact) mass is 627 g/mol. The fourth-order valence-electron chi connectivity index (χ4n) is 4.72. The molecule has 0 amide bonds. The molecule has 0 aliphatic carbocycles. The Bertz CT molecular complexity index is 1470. The van der Waals surface area contributed by atoms with Crippen LogP contribution in [0.2, 0.25) is 0 Å². The predicted octanol–water partition coefficient (Wildman–Crippen LogP) is 10.0. The van der Waals surface area contributed by atoms with Crippen LogP contribution in [0.1, 0.15) is 65.1 Å². The lowest BCUT2D eigenvalue weighted by molar-refractivity contribution is -0.145. The van der Waals surface area contributed by atoms with Gasteiger partial charge in [0.05, 0.1) is 17.9 Å². The third kappa shape index (κ3) is 9.60. The molecule has 1 atom stereocenters. The van der Waals surface area contributed by atoms with Crippen LogP contribution >= 0.6 is 23.1 Å². The summed E-state index contributed by atoms with van der Waals surface area (Å²) < 4.78 is 49.9. The quantitative estimate of drug-likeness (QED) is 0.0791. The van der Waals surface area contributed by atoms with E-state index in [1.165, 1.54) is 17.7 Å². The number of halogens is 3. The number of hydrogen-bond acceptors (Lipinski definition) is 6. The first-order valence-corrected chi connectivity index (χ1v) is 16.1. The van der Waals surface area contributed by atoms with E-state index in [1.54, 1.807) is 30.0 Å². The van der Waals surface area contributed by atoms with E-state index < -0.39 is 17.7 Å². The van der Waals surface area contributed by atoms with Crippen LogP contribution in [0.5, 0.6) is 5.75 Å². The standard InChI is InChI=1S/C34H36F3NO3S2/c1-4-40-31(39)22-41-29-20-19-28(21-23(29)2)42-30(14-10-6-9-13-25-11-7-5-8-12-25)32-24(3)38-33(43-32)26-15-17-27(18-16-26)34(35,36)37/h5,7-8,11-12,15-21,30H,4,6,9-10,13-14,22H2,1-3H3. The van der Waals surface area contributed by atoms with Crippen molar-refractivity contribution in [1.82, 2.24) is 4.98 Å². The van der Waals surface area contributed by atoms with E-state index in [0.717, 1.165) is 70.3 Å². The van der Waals surface area contributed by atoms with Gasteiger partial charge < -0.3 is 9.47 Å². The molecule has 0 saturated carbocycles. The van der Waals surface area contributed by atoms with E-state index >= 15 is 0 Å². The van der Waals surface area contributed by atoms with Crippen LogP contribution in [0, 0.1) is 13.8 Å². The number of hydrogen-bond donors (Lipinski definition) is 0. The zero-order chi connectivity index (χ0) is 30.8. The largest absolute Gasteiger partial charge is 0.482 e. The second-order valence-corrected chi connectivity index (χ2v) is 12.6. The molecule has 3 aromatic carbocycles. The summed E-state index contributed by atoms with van der Waals surface area (Å²) in [6.45, 7) is 5.84. The zero-order valence-corrected chi connectivity index (χ0v) is 26.2. The van der Waals surface area contributed by atoms with E-state index in [9.17, 15) is 18.0 Å². The summed E-state index contributed by atoms with van der Waals surface area (Å²) in [7, 11) is 0. The van der Waals surface area contributed by atoms with Crippen molar-refractivity contribution in [2.75, 3.05) is 13.2 Å². The van der Waals surface area contributed by atoms with Crippen LogP contribution in [0.4, 0.5) is 13.2 Å². The van der Waals surface area contributed by atoms with Crippen LogP contribution < -0.4 is 4.74 Å². The summed E-state index contributed by atoms with van der Waals surface area (Å²) in [4.78, 5) is 18.7. The number of aryl methyl sites for hydroxylation is 3. The second kappa shape index (κ2) is 15.4. The topological polar surface area (TPSA) is 48.4 Å². The molecule has 0 N–H and O–H groups in total. The van der Waals surface area contributed by atoms with Crippen molar-refractivity contribution in [2.45, 2.75) is 69.2 Å². The van der Waals surface area contributed by atoms with Crippen molar-refractivity contribution in [3.63, 3.8) is 0 Å². The second-order valence-electron chi connectivity index (χ2n) is 10.3. The van der Waals surface area contributed by atoms with Gasteiger partial charge in [0.2, 0.25) is 0 Å². The molecule has 1 unspecified atom stereocenters. The van der Waals surface area contributed by atoms with Crippen molar-refractivity contribution in [3.05, 3.63) is 100 Å². The molecule has 0 saturated heterocycles. The number of aromatic nitrogens is 1. The Morgan fingerprint density at radius 1 is 0.977 bits per heavy atom. The molecule has 228 valence electrons. The molecule has 4 aromatic rings. The number of thiazole rings is 1. The number of thioether (sulfide) groups is 1. The molecule has 0 bridgehead atoms. The summed E-state index contributed by atoms with van der Waals surface area (Å²) in [6, 6.07) is 21.6. The number of carbonyl (C=O) groups excluding carboxylic acids is 1. The molecule has 0 fully saturated rings. The normalized spacial score (nSPS) is 12.2. The number of benzene rings is 3. The summed E-state index contributed by atoms with van der Waals surface area (Å²) >= 11 is 3.30. The summed E-state index contributed by atoms with van der Waals surface area (Å²) in [6.07, 6.45) is 0.845. The molecule has 0 spiro atoms. The molecule has 4 rings (SSSR count). The lowest BCUT2D eigenvalue weighted by Gasteiger charge is -2.17. The number of ether oxygens (including phenoxy) is 2. The van der Waals surface area contributed by atoms with Crippen molar-refractivity contribution in [2.24, 2.45) is 0 Å². The zero-order valence-electron chi connectivity index (χ0n) is 24.6. The van der Waals surface area contributed by atoms with Gasteiger partial charge in [-0.3, -0.25) is 0 Å². The molecular weight excluding hydrogens is 592 g/mol. The first-order chi connectivity index (χ1) is 20.6. The van der Waals surface area contributed by atoms with Gasteiger partial charge in [0.15, 0.2) is 6.61 Å². The van der Waals surface area contributed by atoms with Gasteiger partial charge in [-0.05, 0) is 81.5 Å². The molecule has 0 radical (unpaired) electrons. The third-order valence-electron chi connectivity index (χ3n) is 6.93. The fraction of sp³-hybridized carbons (Fsp3) is 0.353. The highest BCUT2D eigenvalue weighted by Crippen LogP contribution is 2.45. The Morgan fingerprint density at radius 2 is 1.72 bits per heavy atom. The van der Waals surface area contributed by atoms with Crippen LogP contribution in [0.15, 0.2) is 77.7 Å². The van der Waals surface area contributed by atoms with E-state index in [1.807, 2.05) is 32.0 Å². The minimum atomic E-state index is -4.37. The minimum Gasteiger partial charge on any atom is -0.482 e. The Balaban J connectivity index is 1.49. The van der Waals surface area contributed by atoms with E-state index in [4.69, 9.17) is 14.5 Å². The summed E-state index contributed by atoms with van der Waals surface area (Å²) in [5, 5.41) is 0.845. The Morgan fingerprint density at radius 3 is 2.40 bits per heavy atom. The molecule has 43 heavy (non-hydrogen) atoms. The number of alkyl halides is 3. The van der Waals surface area contributed by atoms with Gasteiger partial charge in [-0.25, -0.2) is 9.78 Å². The SMILES string of the molecule is CCOC(=O)COc1ccc(SC(CCCCCc2ccccc2)c2sc(-c3ccc(C(F)(F)F)cc3)nc2C)cc1C. The molecule has 1 aromatic heterocycles. The summed E-state index contributed by atoms with van der Waals surface area (Å²) in [5.41, 5.74) is 3.17. The van der Waals surface area contributed by atoms with E-state index in [0.29, 0.717) is 17.9 Å². The number of carbonyl (C=O) groups is 1. The molecule has 0 aliphatic heterocycles. The summed E-state index contributed by atoms with van der Waals surface area (Å²) in [5.74, 6) is 0.227. The van der Waals surface area contributed by atoms with Crippen molar-refractivity contribution >= 4 is 29.1 Å². The lowest BCUT2D eigenvalue weighted by Crippen LogP contribution is -2.14. The molecule has 9 heteroatoms. The predicted molar refractivity (Wildman–Crippen MR) is 168 cm³/mol. The molecular formula is C34H36F3NO3S2. The maximum atomic E-state index is 13.1. The maximum Gasteiger partial charge on any atom is 0.416 e. The first kappa shape index (κ1) is 32.6. The Hall–Kier alpha value is -3.30. The van der Waals surface area contributed by atoms with Gasteiger partial charge in [0.25, 0.3) is 0 Å². The molecule has 4 nitrogen and oxygen atoms in total. The van der Waals surface area contributed by atoms with Gasteiger partial charge in [-0.1, -0.05) is 55.3 Å². The van der Waals surface area contributed by atoms with Gasteiger partial charge in [0.1, 0.15) is 10.8 Å². The van der Waals surface area contributed by atoms with Crippen LogP contribution in [0.25, 0.3) is 10.6 Å². The van der Waals surface area contributed by atoms with Gasteiger partial charge in [-0.2, -0.15) is 13.2 Å². The number of nitrogens with zero attached hydrogens (tertiary/aromatic N) is 1. The number of rotatable bonds is 14. The fourth-order valence-corrected chi connectivity index (χ4v) is 7.38. The van der Waals surface area contributed by atoms with Gasteiger partial charge in [0, 0.05) is 20.6 Å². The van der Waals surface area contributed by atoms with Gasteiger partial charge in [-0.15, -0.1) is 23.1 Å². The molecule has 0 aliphatic rings. The average Bonchev–Trinajstić information content (AvgIpc) is 3.37. The number of unbranched alkanes of at least 4 members (excludes halogenated alkanes) is 2. The van der Waals surface area contributed by atoms with Crippen LogP contribution in [-0.2, 0) is 22.1 Å². The molecule has 1 heterocycles. The smallest absolute Gasteiger partial charge is 0.416 e. The van der Waals surface area contributed by atoms with Gasteiger partial charge >= 0.3 is 12.1 Å². The first-order valence-electron chi connectivity index (χ1n) is 14.4. The third-order valence-corrected chi connectivity index (χ3v) is 9.69. The maximum absolute atomic E-state index is 13.1. The van der Waals surface area contributed by atoms with Crippen molar-refractivity contribution < 1.29 is 27.4 Å².